The molecule has 0 amide bonds. The lowest BCUT2D eigenvalue weighted by molar-refractivity contribution is -0.135. The van der Waals surface area contributed by atoms with E-state index in [0.29, 0.717) is 39.5 Å². The van der Waals surface area contributed by atoms with Crippen LogP contribution in [0.25, 0.3) is 17.0 Å². The molecule has 0 saturated carbocycles. The van der Waals surface area contributed by atoms with Gasteiger partial charge >= 0.3 is 5.97 Å². The van der Waals surface area contributed by atoms with Gasteiger partial charge in [-0.3, -0.25) is 14.4 Å². The first-order valence-corrected chi connectivity index (χ1v) is 11.0. The van der Waals surface area contributed by atoms with Crippen LogP contribution in [0.15, 0.2) is 69.8 Å². The number of esters is 1. The van der Waals surface area contributed by atoms with Gasteiger partial charge < -0.3 is 23.2 Å². The maximum atomic E-state index is 13.5. The van der Waals surface area contributed by atoms with Crippen molar-refractivity contribution in [3.8, 4) is 17.2 Å². The van der Waals surface area contributed by atoms with E-state index in [1.165, 1.54) is 16.9 Å². The molecule has 2 aliphatic rings. The molecule has 0 aliphatic carbocycles. The van der Waals surface area contributed by atoms with Crippen molar-refractivity contribution in [1.82, 2.24) is 4.57 Å². The highest BCUT2D eigenvalue weighted by atomic mass is 16.5. The topological polar surface area (TPSA) is 97.0 Å². The van der Waals surface area contributed by atoms with Crippen LogP contribution in [-0.4, -0.2) is 23.4 Å². The molecule has 8 nitrogen and oxygen atoms in total. The van der Waals surface area contributed by atoms with Gasteiger partial charge in [-0.2, -0.15) is 0 Å². The molecule has 174 valence electrons. The van der Waals surface area contributed by atoms with Gasteiger partial charge in [-0.15, -0.1) is 0 Å². The summed E-state index contributed by atoms with van der Waals surface area (Å²) in [6.07, 6.45) is 2.96. The highest BCUT2D eigenvalue weighted by Gasteiger charge is 2.39. The number of ether oxygens (including phenoxy) is 3. The van der Waals surface area contributed by atoms with Gasteiger partial charge in [-0.05, 0) is 47.9 Å². The van der Waals surface area contributed by atoms with Crippen LogP contribution < -0.4 is 19.8 Å². The molecular formula is C27H19NO7. The number of furan rings is 1. The van der Waals surface area contributed by atoms with E-state index < -0.39 is 11.9 Å². The number of Topliss-reactive ketones (excluding diaryl/α,β-unsaturated/α-hetero) is 1. The summed E-state index contributed by atoms with van der Waals surface area (Å²) in [7, 11) is 3.24. The van der Waals surface area contributed by atoms with Gasteiger partial charge in [0.1, 0.15) is 23.0 Å². The molecule has 6 rings (SSSR count). The van der Waals surface area contributed by atoms with Crippen molar-refractivity contribution in [1.29, 1.82) is 0 Å². The number of fused-ring (bicyclic) bond motifs is 4. The van der Waals surface area contributed by atoms with E-state index in [1.54, 1.807) is 50.6 Å². The molecule has 4 heterocycles. The second-order valence-corrected chi connectivity index (χ2v) is 8.43. The summed E-state index contributed by atoms with van der Waals surface area (Å²) in [6, 6.07) is 13.8. The van der Waals surface area contributed by atoms with Gasteiger partial charge in [0.15, 0.2) is 5.76 Å². The van der Waals surface area contributed by atoms with Crippen molar-refractivity contribution in [2.45, 2.75) is 12.3 Å². The number of methoxy groups -OCH3 is 1. The number of allylic oxidation sites excluding steroid dienone is 1. The van der Waals surface area contributed by atoms with E-state index in [0.717, 1.165) is 5.39 Å². The molecule has 0 fully saturated rings. The largest absolute Gasteiger partial charge is 0.497 e. The number of hydrogen-bond acceptors (Lipinski definition) is 7. The van der Waals surface area contributed by atoms with Crippen molar-refractivity contribution in [3.63, 3.8) is 0 Å². The third-order valence-electron chi connectivity index (χ3n) is 6.43. The predicted molar refractivity (Wildman–Crippen MR) is 126 cm³/mol. The highest BCUT2D eigenvalue weighted by Crippen LogP contribution is 2.48. The maximum absolute atomic E-state index is 13.5. The highest BCUT2D eigenvalue weighted by molar-refractivity contribution is 6.15. The zero-order chi connectivity index (χ0) is 24.3. The predicted octanol–water partition coefficient (Wildman–Crippen LogP) is 4.20. The van der Waals surface area contributed by atoms with Gasteiger partial charge in [0, 0.05) is 36.2 Å². The fraction of sp³-hybridized carbons (Fsp3) is 0.148. The number of benzene rings is 2. The molecule has 1 atom stereocenters. The molecule has 2 aliphatic heterocycles. The molecule has 0 bridgehead atoms. The van der Waals surface area contributed by atoms with E-state index in [4.69, 9.17) is 18.6 Å². The van der Waals surface area contributed by atoms with Crippen molar-refractivity contribution >= 4 is 28.7 Å². The van der Waals surface area contributed by atoms with E-state index in [2.05, 4.69) is 0 Å². The molecule has 0 radical (unpaired) electrons. The molecule has 0 saturated heterocycles. The Balaban J connectivity index is 1.53. The lowest BCUT2D eigenvalue weighted by atomic mass is 9.84. The summed E-state index contributed by atoms with van der Waals surface area (Å²) >= 11 is 0. The first-order chi connectivity index (χ1) is 16.9. The van der Waals surface area contributed by atoms with Crippen molar-refractivity contribution < 1.29 is 28.2 Å². The Kier molecular flexibility index (Phi) is 4.63. The number of aryl methyl sites for hydroxylation is 1. The standard InChI is InChI=1S/C27H19NO7/c1-28-20-11-15(32-2)6-5-14(20)10-19(27(28)31)18-13-23(29)34-21-8-7-17-25(30)22(35-26(17)24(18)21)12-16-4-3-9-33-16/h3-12,18H,13H2,1-2H3/b22-12-. The summed E-state index contributed by atoms with van der Waals surface area (Å²) in [4.78, 5) is 39.0. The number of nitrogens with zero attached hydrogens (tertiary/aromatic N) is 1. The van der Waals surface area contributed by atoms with Crippen LogP contribution in [0.4, 0.5) is 0 Å². The fourth-order valence-corrected chi connectivity index (χ4v) is 4.72. The second kappa shape index (κ2) is 7.73. The van der Waals surface area contributed by atoms with E-state index >= 15 is 0 Å². The van der Waals surface area contributed by atoms with Gasteiger partial charge in [0.25, 0.3) is 5.56 Å². The van der Waals surface area contributed by atoms with Gasteiger partial charge in [-0.25, -0.2) is 0 Å². The Bertz CT molecular complexity index is 1630. The number of hydrogen-bond donors (Lipinski definition) is 0. The number of carbonyl (C=O) groups is 2. The first-order valence-electron chi connectivity index (χ1n) is 11.0. The second-order valence-electron chi connectivity index (χ2n) is 8.43. The summed E-state index contributed by atoms with van der Waals surface area (Å²) in [5, 5.41) is 0.811. The summed E-state index contributed by atoms with van der Waals surface area (Å²) in [6.45, 7) is 0. The molecule has 35 heavy (non-hydrogen) atoms. The minimum absolute atomic E-state index is 0.0604. The molecular weight excluding hydrogens is 450 g/mol. The zero-order valence-corrected chi connectivity index (χ0v) is 18.9. The average molecular weight is 469 g/mol. The SMILES string of the molecule is COc1ccc2cc(C3CC(=O)Oc4ccc5c(c43)O/C(=C\c3ccco3)C5=O)c(=O)n(C)c2c1. The lowest BCUT2D eigenvalue weighted by Crippen LogP contribution is -2.29. The maximum Gasteiger partial charge on any atom is 0.312 e. The fourth-order valence-electron chi connectivity index (χ4n) is 4.72. The number of pyridine rings is 1. The third-order valence-corrected chi connectivity index (χ3v) is 6.43. The first kappa shape index (κ1) is 21.0. The van der Waals surface area contributed by atoms with E-state index in [1.807, 2.05) is 12.1 Å². The molecule has 0 spiro atoms. The van der Waals surface area contributed by atoms with Crippen molar-refractivity contribution in [2.75, 3.05) is 7.11 Å². The van der Waals surface area contributed by atoms with Crippen LogP contribution in [0.1, 0.15) is 39.6 Å². The Morgan fingerprint density at radius 3 is 2.69 bits per heavy atom. The van der Waals surface area contributed by atoms with Crippen LogP contribution in [-0.2, 0) is 11.8 Å². The number of ketones is 1. The monoisotopic (exact) mass is 469 g/mol. The molecule has 2 aromatic carbocycles. The Morgan fingerprint density at radius 1 is 1.06 bits per heavy atom. The summed E-state index contributed by atoms with van der Waals surface area (Å²) in [5.41, 5.74) is 1.70. The average Bonchev–Trinajstić information content (AvgIpc) is 3.48. The van der Waals surface area contributed by atoms with Crippen molar-refractivity contribution in [2.24, 2.45) is 7.05 Å². The van der Waals surface area contributed by atoms with Gasteiger partial charge in [0.2, 0.25) is 5.78 Å². The Hall–Kier alpha value is -4.59. The van der Waals surface area contributed by atoms with Crippen LogP contribution >= 0.6 is 0 Å². The van der Waals surface area contributed by atoms with Crippen molar-refractivity contribution in [3.05, 3.63) is 93.4 Å². The van der Waals surface area contributed by atoms with Gasteiger partial charge in [-0.1, -0.05) is 0 Å². The molecule has 0 N–H and O–H groups in total. The third kappa shape index (κ3) is 3.25. The van der Waals surface area contributed by atoms with Crippen LogP contribution in [0.5, 0.6) is 17.2 Å². The van der Waals surface area contributed by atoms with Crippen LogP contribution in [0.3, 0.4) is 0 Å². The molecule has 2 aromatic heterocycles. The Labute approximate surface area is 198 Å². The number of rotatable bonds is 3. The van der Waals surface area contributed by atoms with Crippen LogP contribution in [0.2, 0.25) is 0 Å². The Morgan fingerprint density at radius 2 is 1.91 bits per heavy atom. The van der Waals surface area contributed by atoms with Gasteiger partial charge in [0.05, 0.1) is 30.9 Å². The zero-order valence-electron chi connectivity index (χ0n) is 18.9. The smallest absolute Gasteiger partial charge is 0.312 e. The summed E-state index contributed by atoms with van der Waals surface area (Å²) in [5.74, 6) is 0.334. The van der Waals surface area contributed by atoms with Crippen LogP contribution in [0, 0.1) is 0 Å². The lowest BCUT2D eigenvalue weighted by Gasteiger charge is -2.26. The van der Waals surface area contributed by atoms with E-state index in [-0.39, 0.29) is 29.3 Å². The number of aromatic nitrogens is 1. The van der Waals surface area contributed by atoms with E-state index in [9.17, 15) is 14.4 Å². The minimum atomic E-state index is -0.651. The minimum Gasteiger partial charge on any atom is -0.497 e. The number of carbonyl (C=O) groups excluding carboxylic acids is 2. The molecule has 8 heteroatoms. The quantitative estimate of drug-likeness (QED) is 0.252. The molecule has 1 unspecified atom stereocenters. The molecule has 4 aromatic rings. The normalized spacial score (nSPS) is 17.8. The summed E-state index contributed by atoms with van der Waals surface area (Å²) < 4.78 is 23.6.